The first kappa shape index (κ1) is 17.0. The minimum absolute atomic E-state index is 0.0557. The second-order valence-corrected chi connectivity index (χ2v) is 5.72. The number of carbonyl (C=O) groups is 2. The van der Waals surface area contributed by atoms with Gasteiger partial charge in [-0.25, -0.2) is 4.79 Å². The monoisotopic (exact) mass is 378 g/mol. The van der Waals surface area contributed by atoms with Gasteiger partial charge in [0.25, 0.3) is 0 Å². The first-order valence-electron chi connectivity index (χ1n) is 6.80. The number of ketones is 1. The van der Waals surface area contributed by atoms with Crippen molar-refractivity contribution in [3.8, 4) is 11.5 Å². The highest BCUT2D eigenvalue weighted by atomic mass is 79.9. The molecule has 6 heteroatoms. The number of aromatic hydroxyl groups is 1. The molecule has 0 saturated carbocycles. The summed E-state index contributed by atoms with van der Waals surface area (Å²) in [7, 11) is 1.45. The number of phenols is 1. The second kappa shape index (κ2) is 7.28. The predicted molar refractivity (Wildman–Crippen MR) is 88.0 cm³/mol. The molecule has 2 aromatic carbocycles. The molecule has 0 heterocycles. The van der Waals surface area contributed by atoms with Crippen molar-refractivity contribution >= 4 is 27.7 Å². The van der Waals surface area contributed by atoms with Gasteiger partial charge in [-0.3, -0.25) is 4.79 Å². The third-order valence-electron chi connectivity index (χ3n) is 3.21. The first-order chi connectivity index (χ1) is 10.9. The summed E-state index contributed by atoms with van der Waals surface area (Å²) in [6, 6.07) is 10.9. The quantitative estimate of drug-likeness (QED) is 0.635. The van der Waals surface area contributed by atoms with Gasteiger partial charge in [-0.15, -0.1) is 0 Å². The molecule has 0 aliphatic rings. The first-order valence-corrected chi connectivity index (χ1v) is 7.59. The Morgan fingerprint density at radius 3 is 2.39 bits per heavy atom. The van der Waals surface area contributed by atoms with Crippen LogP contribution in [-0.2, 0) is 4.74 Å². The van der Waals surface area contributed by atoms with E-state index in [1.165, 1.54) is 32.2 Å². The molecule has 23 heavy (non-hydrogen) atoms. The highest BCUT2D eigenvalue weighted by molar-refractivity contribution is 9.10. The Morgan fingerprint density at radius 2 is 1.78 bits per heavy atom. The largest absolute Gasteiger partial charge is 0.507 e. The fraction of sp³-hybridized carbons (Fsp3) is 0.176. The van der Waals surface area contributed by atoms with E-state index in [0.717, 1.165) is 4.47 Å². The van der Waals surface area contributed by atoms with Gasteiger partial charge in [0.15, 0.2) is 6.10 Å². The molecule has 0 aromatic heterocycles. The lowest BCUT2D eigenvalue weighted by Crippen LogP contribution is -2.24. The smallest absolute Gasteiger partial charge is 0.342 e. The summed E-state index contributed by atoms with van der Waals surface area (Å²) in [4.78, 5) is 24.4. The van der Waals surface area contributed by atoms with Crippen molar-refractivity contribution in [2.24, 2.45) is 0 Å². The SMILES string of the molecule is COc1ccc(O)c(C(=O)O[C@H](C)C(=O)c2ccc(Br)cc2)c1. The van der Waals surface area contributed by atoms with Crippen molar-refractivity contribution in [2.45, 2.75) is 13.0 Å². The van der Waals surface area contributed by atoms with E-state index in [9.17, 15) is 14.7 Å². The lowest BCUT2D eigenvalue weighted by molar-refractivity contribution is 0.0315. The Morgan fingerprint density at radius 1 is 1.13 bits per heavy atom. The van der Waals surface area contributed by atoms with E-state index in [1.54, 1.807) is 24.3 Å². The van der Waals surface area contributed by atoms with Crippen molar-refractivity contribution in [3.63, 3.8) is 0 Å². The molecule has 120 valence electrons. The van der Waals surface area contributed by atoms with Crippen molar-refractivity contribution in [1.29, 1.82) is 0 Å². The van der Waals surface area contributed by atoms with E-state index >= 15 is 0 Å². The van der Waals surface area contributed by atoms with E-state index in [4.69, 9.17) is 9.47 Å². The molecule has 0 unspecified atom stereocenters. The molecular weight excluding hydrogens is 364 g/mol. The summed E-state index contributed by atoms with van der Waals surface area (Å²) >= 11 is 3.29. The molecule has 1 atom stereocenters. The molecule has 1 N–H and O–H groups in total. The minimum atomic E-state index is -0.978. The van der Waals surface area contributed by atoms with Gasteiger partial charge in [0.1, 0.15) is 17.1 Å². The molecule has 0 spiro atoms. The van der Waals surface area contributed by atoms with E-state index in [-0.39, 0.29) is 17.1 Å². The van der Waals surface area contributed by atoms with Crippen LogP contribution in [0.4, 0.5) is 0 Å². The number of phenolic OH excluding ortho intramolecular Hbond substituents is 1. The standard InChI is InChI=1S/C17H15BrO5/c1-10(16(20)11-3-5-12(18)6-4-11)23-17(21)14-9-13(22-2)7-8-15(14)19/h3-10,19H,1-2H3/t10-/m1/s1. The maximum absolute atomic E-state index is 12.3. The summed E-state index contributed by atoms with van der Waals surface area (Å²) in [5.41, 5.74) is 0.378. The summed E-state index contributed by atoms with van der Waals surface area (Å²) in [6.45, 7) is 1.49. The number of ether oxygens (including phenoxy) is 2. The Balaban J connectivity index is 2.13. The Hall–Kier alpha value is -2.34. The van der Waals surface area contributed by atoms with Gasteiger partial charge < -0.3 is 14.6 Å². The summed E-state index contributed by atoms with van der Waals surface area (Å²) < 4.78 is 11.0. The van der Waals surface area contributed by atoms with Gasteiger partial charge in [0, 0.05) is 10.0 Å². The van der Waals surface area contributed by atoms with E-state index in [1.807, 2.05) is 0 Å². The number of methoxy groups -OCH3 is 1. The molecular formula is C17H15BrO5. The molecule has 0 aliphatic carbocycles. The van der Waals surface area contributed by atoms with E-state index in [2.05, 4.69) is 15.9 Å². The predicted octanol–water partition coefficient (Wildman–Crippen LogP) is 3.59. The molecule has 2 aromatic rings. The molecule has 0 bridgehead atoms. The summed E-state index contributed by atoms with van der Waals surface area (Å²) in [6.07, 6.45) is -0.978. The van der Waals surface area contributed by atoms with Crippen LogP contribution in [-0.4, -0.2) is 30.1 Å². The Labute approximate surface area is 142 Å². The molecule has 5 nitrogen and oxygen atoms in total. The molecule has 0 amide bonds. The lowest BCUT2D eigenvalue weighted by Gasteiger charge is -2.13. The number of Topliss-reactive ketones (excluding diaryl/α,β-unsaturated/α-hetero) is 1. The van der Waals surface area contributed by atoms with Crippen LogP contribution < -0.4 is 4.74 Å². The fourth-order valence-corrected chi connectivity index (χ4v) is 2.20. The van der Waals surface area contributed by atoms with Crippen LogP contribution in [0.3, 0.4) is 0 Å². The number of rotatable bonds is 5. The number of benzene rings is 2. The Bertz CT molecular complexity index is 724. The topological polar surface area (TPSA) is 72.8 Å². The number of esters is 1. The average Bonchev–Trinajstić information content (AvgIpc) is 2.55. The molecule has 0 radical (unpaired) electrons. The van der Waals surface area contributed by atoms with Crippen molar-refractivity contribution < 1.29 is 24.2 Å². The van der Waals surface area contributed by atoms with Crippen molar-refractivity contribution in [2.75, 3.05) is 7.11 Å². The van der Waals surface area contributed by atoms with Crippen molar-refractivity contribution in [1.82, 2.24) is 0 Å². The van der Waals surface area contributed by atoms with Gasteiger partial charge >= 0.3 is 5.97 Å². The van der Waals surface area contributed by atoms with E-state index < -0.39 is 12.1 Å². The maximum Gasteiger partial charge on any atom is 0.342 e. The van der Waals surface area contributed by atoms with Crippen LogP contribution in [0.5, 0.6) is 11.5 Å². The fourth-order valence-electron chi connectivity index (χ4n) is 1.93. The van der Waals surface area contributed by atoms with Crippen LogP contribution in [0.15, 0.2) is 46.9 Å². The normalized spacial score (nSPS) is 11.6. The number of carbonyl (C=O) groups excluding carboxylic acids is 2. The Kier molecular flexibility index (Phi) is 5.39. The lowest BCUT2D eigenvalue weighted by atomic mass is 10.1. The molecule has 0 aliphatic heterocycles. The molecule has 2 rings (SSSR count). The van der Waals surface area contributed by atoms with E-state index in [0.29, 0.717) is 11.3 Å². The summed E-state index contributed by atoms with van der Waals surface area (Å²) in [5, 5.41) is 9.75. The van der Waals surface area contributed by atoms with Crippen LogP contribution in [0, 0.1) is 0 Å². The van der Waals surface area contributed by atoms with Gasteiger partial charge in [-0.2, -0.15) is 0 Å². The zero-order valence-corrected chi connectivity index (χ0v) is 14.2. The van der Waals surface area contributed by atoms with Crippen LogP contribution in [0.2, 0.25) is 0 Å². The maximum atomic E-state index is 12.3. The van der Waals surface area contributed by atoms with Gasteiger partial charge in [-0.05, 0) is 37.3 Å². The second-order valence-electron chi connectivity index (χ2n) is 4.80. The van der Waals surface area contributed by atoms with Gasteiger partial charge in [-0.1, -0.05) is 28.1 Å². The van der Waals surface area contributed by atoms with Crippen molar-refractivity contribution in [3.05, 3.63) is 58.1 Å². The average molecular weight is 379 g/mol. The third-order valence-corrected chi connectivity index (χ3v) is 3.73. The highest BCUT2D eigenvalue weighted by Crippen LogP contribution is 2.24. The minimum Gasteiger partial charge on any atom is -0.507 e. The zero-order chi connectivity index (χ0) is 17.0. The van der Waals surface area contributed by atoms with Crippen LogP contribution >= 0.6 is 15.9 Å². The number of hydrogen-bond donors (Lipinski definition) is 1. The number of hydrogen-bond acceptors (Lipinski definition) is 5. The zero-order valence-electron chi connectivity index (χ0n) is 12.6. The third kappa shape index (κ3) is 4.10. The van der Waals surface area contributed by atoms with Crippen LogP contribution in [0.1, 0.15) is 27.6 Å². The number of halogens is 1. The molecule has 0 saturated heterocycles. The highest BCUT2D eigenvalue weighted by Gasteiger charge is 2.22. The van der Waals surface area contributed by atoms with Gasteiger partial charge in [0.05, 0.1) is 7.11 Å². The summed E-state index contributed by atoms with van der Waals surface area (Å²) in [5.74, 6) is -0.951. The molecule has 0 fully saturated rings. The van der Waals surface area contributed by atoms with Crippen LogP contribution in [0.25, 0.3) is 0 Å². The van der Waals surface area contributed by atoms with Gasteiger partial charge in [0.2, 0.25) is 5.78 Å².